The van der Waals surface area contributed by atoms with Crippen molar-refractivity contribution >= 4 is 27.5 Å². The summed E-state index contributed by atoms with van der Waals surface area (Å²) in [5.74, 6) is 0.0528. The molecule has 2 aromatic carbocycles. The summed E-state index contributed by atoms with van der Waals surface area (Å²) >= 11 is 1.50. The first-order valence-electron chi connectivity index (χ1n) is 7.33. The monoisotopic (exact) mass is 338 g/mol. The summed E-state index contributed by atoms with van der Waals surface area (Å²) in [7, 11) is 0. The number of para-hydroxylation sites is 1. The van der Waals surface area contributed by atoms with Crippen molar-refractivity contribution in [2.24, 2.45) is 0 Å². The lowest BCUT2D eigenvalue weighted by molar-refractivity contribution is -0.152. The van der Waals surface area contributed by atoms with E-state index in [0.717, 1.165) is 15.2 Å². The number of carbonyl (C=O) groups is 1. The predicted octanol–water partition coefficient (Wildman–Crippen LogP) is 3.68. The first-order chi connectivity index (χ1) is 11.7. The van der Waals surface area contributed by atoms with Gasteiger partial charge in [-0.3, -0.25) is 0 Å². The molecule has 0 amide bonds. The van der Waals surface area contributed by atoms with Crippen LogP contribution in [0.2, 0.25) is 0 Å². The Balaban J connectivity index is 1.56. The second-order valence-electron chi connectivity index (χ2n) is 5.08. The van der Waals surface area contributed by atoms with E-state index in [1.807, 2.05) is 30.3 Å². The van der Waals surface area contributed by atoms with E-state index in [0.29, 0.717) is 11.3 Å². The number of hydrogen-bond donors (Lipinski definition) is 0. The van der Waals surface area contributed by atoms with Gasteiger partial charge in [-0.25, -0.2) is 9.78 Å². The molecule has 5 nitrogen and oxygen atoms in total. The molecule has 24 heavy (non-hydrogen) atoms. The molecule has 0 aliphatic rings. The van der Waals surface area contributed by atoms with Crippen LogP contribution in [-0.4, -0.2) is 17.1 Å². The largest absolute Gasteiger partial charge is 0.479 e. The predicted molar refractivity (Wildman–Crippen MR) is 90.7 cm³/mol. The van der Waals surface area contributed by atoms with Crippen molar-refractivity contribution < 1.29 is 14.3 Å². The van der Waals surface area contributed by atoms with Crippen molar-refractivity contribution in [2.75, 3.05) is 0 Å². The number of esters is 1. The van der Waals surface area contributed by atoms with Gasteiger partial charge in [0.15, 0.2) is 6.10 Å². The summed E-state index contributed by atoms with van der Waals surface area (Å²) < 4.78 is 11.9. The Hall–Kier alpha value is -2.91. The summed E-state index contributed by atoms with van der Waals surface area (Å²) in [5, 5.41) is 9.50. The highest BCUT2D eigenvalue weighted by molar-refractivity contribution is 7.18. The number of benzene rings is 2. The van der Waals surface area contributed by atoms with Crippen molar-refractivity contribution in [3.8, 4) is 11.8 Å². The van der Waals surface area contributed by atoms with E-state index in [-0.39, 0.29) is 6.61 Å². The molecule has 0 spiro atoms. The van der Waals surface area contributed by atoms with Crippen LogP contribution in [0, 0.1) is 11.3 Å². The van der Waals surface area contributed by atoms with Gasteiger partial charge in [0, 0.05) is 0 Å². The zero-order valence-electron chi connectivity index (χ0n) is 12.9. The van der Waals surface area contributed by atoms with Gasteiger partial charge in [-0.15, -0.1) is 11.3 Å². The third kappa shape index (κ3) is 3.70. The highest BCUT2D eigenvalue weighted by Gasteiger charge is 2.17. The number of nitriles is 1. The van der Waals surface area contributed by atoms with Gasteiger partial charge in [-0.1, -0.05) is 12.1 Å². The molecular formula is C18H14N2O3S. The van der Waals surface area contributed by atoms with Crippen LogP contribution in [0.5, 0.6) is 5.75 Å². The smallest absolute Gasteiger partial charge is 0.347 e. The SMILES string of the molecule is C[C@@H](Oc1ccc(C#N)cc1)C(=O)OCc1nc2ccccc2s1. The van der Waals surface area contributed by atoms with Gasteiger partial charge in [0.1, 0.15) is 17.4 Å². The summed E-state index contributed by atoms with van der Waals surface area (Å²) in [6.07, 6.45) is -0.743. The zero-order chi connectivity index (χ0) is 16.9. The molecule has 0 N–H and O–H groups in total. The first-order valence-corrected chi connectivity index (χ1v) is 8.15. The van der Waals surface area contributed by atoms with Gasteiger partial charge in [-0.2, -0.15) is 5.26 Å². The Morgan fingerprint density at radius 2 is 2.00 bits per heavy atom. The minimum atomic E-state index is -0.743. The lowest BCUT2D eigenvalue weighted by Gasteiger charge is -2.13. The van der Waals surface area contributed by atoms with E-state index in [1.54, 1.807) is 31.2 Å². The zero-order valence-corrected chi connectivity index (χ0v) is 13.7. The minimum Gasteiger partial charge on any atom is -0.479 e. The molecule has 3 rings (SSSR count). The summed E-state index contributed by atoms with van der Waals surface area (Å²) in [6, 6.07) is 16.4. The van der Waals surface area contributed by atoms with E-state index in [9.17, 15) is 4.79 Å². The molecule has 6 heteroatoms. The van der Waals surface area contributed by atoms with Crippen LogP contribution in [0.25, 0.3) is 10.2 Å². The maximum atomic E-state index is 12.0. The number of ether oxygens (including phenoxy) is 2. The lowest BCUT2D eigenvalue weighted by atomic mass is 10.2. The van der Waals surface area contributed by atoms with E-state index < -0.39 is 12.1 Å². The molecule has 0 radical (unpaired) electrons. The fourth-order valence-electron chi connectivity index (χ4n) is 2.09. The first kappa shape index (κ1) is 16.0. The van der Waals surface area contributed by atoms with E-state index >= 15 is 0 Å². The molecule has 120 valence electrons. The van der Waals surface area contributed by atoms with E-state index in [1.165, 1.54) is 11.3 Å². The Kier molecular flexibility index (Phi) is 4.73. The molecule has 1 aromatic heterocycles. The molecular weight excluding hydrogens is 324 g/mol. The van der Waals surface area contributed by atoms with Gasteiger partial charge < -0.3 is 9.47 Å². The number of rotatable bonds is 5. The fourth-order valence-corrected chi connectivity index (χ4v) is 2.97. The Labute approximate surface area is 143 Å². The topological polar surface area (TPSA) is 72.2 Å². The molecule has 0 saturated carbocycles. The number of fused-ring (bicyclic) bond motifs is 1. The molecule has 3 aromatic rings. The van der Waals surface area contributed by atoms with Crippen molar-refractivity contribution in [3.63, 3.8) is 0 Å². The molecule has 0 fully saturated rings. The molecule has 1 atom stereocenters. The Morgan fingerprint density at radius 1 is 1.25 bits per heavy atom. The van der Waals surface area contributed by atoms with Crippen LogP contribution in [0.3, 0.4) is 0 Å². The third-order valence-corrected chi connectivity index (χ3v) is 4.31. The Bertz CT molecular complexity index is 864. The summed E-state index contributed by atoms with van der Waals surface area (Å²) in [6.45, 7) is 1.75. The van der Waals surface area contributed by atoms with Crippen LogP contribution in [0.4, 0.5) is 0 Å². The van der Waals surface area contributed by atoms with Crippen molar-refractivity contribution in [1.29, 1.82) is 5.26 Å². The average Bonchev–Trinajstić information content (AvgIpc) is 3.03. The number of carbonyl (C=O) groups excluding carboxylic acids is 1. The van der Waals surface area contributed by atoms with Crippen molar-refractivity contribution in [1.82, 2.24) is 4.98 Å². The maximum Gasteiger partial charge on any atom is 0.347 e. The summed E-state index contributed by atoms with van der Waals surface area (Å²) in [5.41, 5.74) is 1.43. The van der Waals surface area contributed by atoms with Crippen molar-refractivity contribution in [3.05, 3.63) is 59.1 Å². The van der Waals surface area contributed by atoms with Crippen LogP contribution in [0.1, 0.15) is 17.5 Å². The molecule has 0 aliphatic carbocycles. The third-order valence-electron chi connectivity index (χ3n) is 3.30. The van der Waals surface area contributed by atoms with E-state index in [4.69, 9.17) is 14.7 Å². The molecule has 0 bridgehead atoms. The van der Waals surface area contributed by atoms with Gasteiger partial charge in [0.25, 0.3) is 0 Å². The molecule has 0 unspecified atom stereocenters. The quantitative estimate of drug-likeness (QED) is 0.664. The van der Waals surface area contributed by atoms with Crippen LogP contribution >= 0.6 is 11.3 Å². The summed E-state index contributed by atoms with van der Waals surface area (Å²) in [4.78, 5) is 16.5. The standard InChI is InChI=1S/C18H14N2O3S/c1-12(23-14-8-6-13(10-19)7-9-14)18(21)22-11-17-20-15-4-2-3-5-16(15)24-17/h2-9,12H,11H2,1H3/t12-/m1/s1. The van der Waals surface area contributed by atoms with Crippen LogP contribution < -0.4 is 4.74 Å². The number of nitrogens with zero attached hydrogens (tertiary/aromatic N) is 2. The van der Waals surface area contributed by atoms with Crippen LogP contribution in [-0.2, 0) is 16.1 Å². The second-order valence-corrected chi connectivity index (χ2v) is 6.19. The molecule has 0 saturated heterocycles. The van der Waals surface area contributed by atoms with Gasteiger partial charge >= 0.3 is 5.97 Å². The molecule has 1 heterocycles. The molecule has 0 aliphatic heterocycles. The average molecular weight is 338 g/mol. The van der Waals surface area contributed by atoms with Gasteiger partial charge in [-0.05, 0) is 43.3 Å². The van der Waals surface area contributed by atoms with E-state index in [2.05, 4.69) is 4.98 Å². The van der Waals surface area contributed by atoms with Gasteiger partial charge in [0.05, 0.1) is 21.8 Å². The minimum absolute atomic E-state index is 0.124. The number of hydrogen-bond acceptors (Lipinski definition) is 6. The normalized spacial score (nSPS) is 11.7. The highest BCUT2D eigenvalue weighted by Crippen LogP contribution is 2.22. The van der Waals surface area contributed by atoms with Crippen LogP contribution in [0.15, 0.2) is 48.5 Å². The van der Waals surface area contributed by atoms with Crippen molar-refractivity contribution in [2.45, 2.75) is 19.6 Å². The van der Waals surface area contributed by atoms with Gasteiger partial charge in [0.2, 0.25) is 0 Å². The maximum absolute atomic E-state index is 12.0. The highest BCUT2D eigenvalue weighted by atomic mass is 32.1. The lowest BCUT2D eigenvalue weighted by Crippen LogP contribution is -2.26. The Morgan fingerprint density at radius 3 is 2.71 bits per heavy atom. The second kappa shape index (κ2) is 7.11. The number of thiazole rings is 1. The number of aromatic nitrogens is 1. The fraction of sp³-hybridized carbons (Fsp3) is 0.167.